The van der Waals surface area contributed by atoms with Gasteiger partial charge >= 0.3 is 0 Å². The summed E-state index contributed by atoms with van der Waals surface area (Å²) in [5.74, 6) is 1.08. The highest BCUT2D eigenvalue weighted by Crippen LogP contribution is 2.61. The quantitative estimate of drug-likeness (QED) is 0.168. The SMILES string of the molecule is CCCC(/C=C(\C)O[Si](C)(C)C(C)(C)C)[P+](c1ccccc1)(c1ccccc1)c1ccccc1. The predicted octanol–water partition coefficient (Wildman–Crippen LogP) is 8.07. The van der Waals surface area contributed by atoms with Crippen molar-refractivity contribution in [2.45, 2.75) is 71.3 Å². The molecule has 3 heteroatoms. The van der Waals surface area contributed by atoms with Crippen LogP contribution in [0.15, 0.2) is 103 Å². The summed E-state index contributed by atoms with van der Waals surface area (Å²) in [5, 5.41) is 4.47. The van der Waals surface area contributed by atoms with Gasteiger partial charge in [-0.15, -0.1) is 0 Å². The summed E-state index contributed by atoms with van der Waals surface area (Å²) in [6, 6.07) is 33.6. The third-order valence-corrected chi connectivity index (χ3v) is 16.4. The highest BCUT2D eigenvalue weighted by Gasteiger charge is 2.51. The Morgan fingerprint density at radius 1 is 0.794 bits per heavy atom. The van der Waals surface area contributed by atoms with E-state index in [4.69, 9.17) is 4.43 Å². The molecule has 3 aromatic carbocycles. The molecule has 0 radical (unpaired) electrons. The van der Waals surface area contributed by atoms with E-state index in [2.05, 4.69) is 145 Å². The molecule has 180 valence electrons. The average Bonchev–Trinajstić information content (AvgIpc) is 2.81. The lowest BCUT2D eigenvalue weighted by molar-refractivity contribution is 0.384. The van der Waals surface area contributed by atoms with Crippen LogP contribution >= 0.6 is 7.26 Å². The van der Waals surface area contributed by atoms with Crippen molar-refractivity contribution in [2.75, 3.05) is 0 Å². The summed E-state index contributed by atoms with van der Waals surface area (Å²) in [6.07, 6.45) is 4.72. The molecule has 0 aliphatic carbocycles. The zero-order valence-corrected chi connectivity index (χ0v) is 24.0. The van der Waals surface area contributed by atoms with Gasteiger partial charge in [-0.3, -0.25) is 0 Å². The molecule has 1 atom stereocenters. The minimum absolute atomic E-state index is 0.173. The van der Waals surface area contributed by atoms with E-state index in [-0.39, 0.29) is 5.04 Å². The Labute approximate surface area is 209 Å². The molecule has 0 aliphatic heterocycles. The van der Waals surface area contributed by atoms with Crippen molar-refractivity contribution in [3.05, 3.63) is 103 Å². The maximum Gasteiger partial charge on any atom is 0.250 e. The zero-order chi connectivity index (χ0) is 24.8. The molecule has 0 heterocycles. The number of hydrogen-bond donors (Lipinski definition) is 0. The van der Waals surface area contributed by atoms with Crippen LogP contribution in [0.4, 0.5) is 0 Å². The van der Waals surface area contributed by atoms with Gasteiger partial charge in [0.05, 0.1) is 5.76 Å². The predicted molar refractivity (Wildman–Crippen MR) is 156 cm³/mol. The van der Waals surface area contributed by atoms with Crippen molar-refractivity contribution in [2.24, 2.45) is 0 Å². The first-order valence-corrected chi connectivity index (χ1v) is 17.3. The number of rotatable bonds is 9. The van der Waals surface area contributed by atoms with Gasteiger partial charge in [0.1, 0.15) is 28.8 Å². The number of hydrogen-bond acceptors (Lipinski definition) is 1. The van der Waals surface area contributed by atoms with Crippen LogP contribution in [0.25, 0.3) is 0 Å². The van der Waals surface area contributed by atoms with Crippen LogP contribution in [0, 0.1) is 0 Å². The molecule has 0 saturated heterocycles. The second kappa shape index (κ2) is 11.1. The molecule has 0 aliphatic rings. The van der Waals surface area contributed by atoms with E-state index in [0.717, 1.165) is 18.6 Å². The molecular formula is C31H42OPSi+. The second-order valence-corrected chi connectivity index (χ2v) is 19.1. The van der Waals surface area contributed by atoms with Crippen LogP contribution in [0.2, 0.25) is 18.1 Å². The van der Waals surface area contributed by atoms with Gasteiger partial charge in [-0.25, -0.2) is 0 Å². The van der Waals surface area contributed by atoms with Crippen molar-refractivity contribution in [1.82, 2.24) is 0 Å². The van der Waals surface area contributed by atoms with E-state index in [0.29, 0.717) is 5.66 Å². The lowest BCUT2D eigenvalue weighted by Crippen LogP contribution is -2.41. The lowest BCUT2D eigenvalue weighted by atomic mass is 10.2. The van der Waals surface area contributed by atoms with Crippen molar-refractivity contribution in [1.29, 1.82) is 0 Å². The van der Waals surface area contributed by atoms with Crippen LogP contribution in [-0.2, 0) is 4.43 Å². The summed E-state index contributed by atoms with van der Waals surface area (Å²) in [6.45, 7) is 16.1. The Kier molecular flexibility index (Phi) is 8.60. The van der Waals surface area contributed by atoms with Crippen molar-refractivity contribution in [3.8, 4) is 0 Å². The molecule has 0 amide bonds. The molecule has 0 spiro atoms. The first-order chi connectivity index (χ1) is 16.1. The highest BCUT2D eigenvalue weighted by molar-refractivity contribution is 7.96. The van der Waals surface area contributed by atoms with Gasteiger partial charge in [0.25, 0.3) is 0 Å². The summed E-state index contributed by atoms with van der Waals surface area (Å²) in [4.78, 5) is 0. The highest BCUT2D eigenvalue weighted by atomic mass is 31.2. The monoisotopic (exact) mass is 489 g/mol. The first-order valence-electron chi connectivity index (χ1n) is 12.6. The summed E-state index contributed by atoms with van der Waals surface area (Å²) < 4.78 is 6.80. The topological polar surface area (TPSA) is 9.23 Å². The zero-order valence-electron chi connectivity index (χ0n) is 22.1. The molecule has 0 aromatic heterocycles. The molecular weight excluding hydrogens is 447 g/mol. The minimum atomic E-state index is -1.98. The van der Waals surface area contributed by atoms with Crippen LogP contribution in [-0.4, -0.2) is 14.0 Å². The fraction of sp³-hybridized carbons (Fsp3) is 0.355. The molecule has 0 fully saturated rings. The Morgan fingerprint density at radius 2 is 1.18 bits per heavy atom. The summed E-state index contributed by atoms with van der Waals surface area (Å²) in [5.41, 5.74) is 0.356. The maximum atomic E-state index is 6.80. The Hall–Kier alpha value is -2.15. The second-order valence-electron chi connectivity index (χ2n) is 10.7. The van der Waals surface area contributed by atoms with Gasteiger partial charge in [-0.2, -0.15) is 0 Å². The number of allylic oxidation sites excluding steroid dienone is 2. The van der Waals surface area contributed by atoms with E-state index < -0.39 is 15.6 Å². The first kappa shape index (κ1) is 26.5. The normalized spacial score (nSPS) is 14.0. The molecule has 1 unspecified atom stereocenters. The van der Waals surface area contributed by atoms with Crippen LogP contribution in [0.1, 0.15) is 47.5 Å². The van der Waals surface area contributed by atoms with E-state index in [1.807, 2.05) is 0 Å². The third kappa shape index (κ3) is 5.56. The van der Waals surface area contributed by atoms with Crippen LogP contribution in [0.3, 0.4) is 0 Å². The standard InChI is InChI=1S/C31H42OPSi/c1-8-18-30(25-26(2)32-34(6,7)31(3,4)5)33(27-19-12-9-13-20-27,28-21-14-10-15-22-28)29-23-16-11-17-24-29/h9-17,19-25,30H,8,18H2,1-7H3/q+1/b26-25+. The van der Waals surface area contributed by atoms with Crippen LogP contribution in [0.5, 0.6) is 0 Å². The van der Waals surface area contributed by atoms with Crippen molar-refractivity contribution >= 4 is 31.5 Å². The Bertz CT molecular complexity index is 956. The molecule has 0 bridgehead atoms. The van der Waals surface area contributed by atoms with E-state index >= 15 is 0 Å². The minimum Gasteiger partial charge on any atom is -0.547 e. The smallest absolute Gasteiger partial charge is 0.250 e. The lowest BCUT2D eigenvalue weighted by Gasteiger charge is -2.38. The summed E-state index contributed by atoms with van der Waals surface area (Å²) >= 11 is 0. The van der Waals surface area contributed by atoms with Gasteiger partial charge < -0.3 is 4.43 Å². The van der Waals surface area contributed by atoms with Gasteiger partial charge in [0.2, 0.25) is 8.32 Å². The van der Waals surface area contributed by atoms with Gasteiger partial charge in [-0.1, -0.05) is 88.7 Å². The van der Waals surface area contributed by atoms with E-state index in [1.54, 1.807) is 0 Å². The largest absolute Gasteiger partial charge is 0.547 e. The molecule has 34 heavy (non-hydrogen) atoms. The van der Waals surface area contributed by atoms with E-state index in [9.17, 15) is 0 Å². The Balaban J connectivity index is 2.29. The molecule has 3 aromatic rings. The average molecular weight is 490 g/mol. The van der Waals surface area contributed by atoms with Gasteiger partial charge in [-0.05, 0) is 74.0 Å². The van der Waals surface area contributed by atoms with Crippen molar-refractivity contribution < 1.29 is 4.43 Å². The van der Waals surface area contributed by atoms with Gasteiger partial charge in [0, 0.05) is 0 Å². The third-order valence-electron chi connectivity index (χ3n) is 7.22. The molecule has 0 N–H and O–H groups in total. The number of benzene rings is 3. The molecule has 1 nitrogen and oxygen atoms in total. The maximum absolute atomic E-state index is 6.80. The van der Waals surface area contributed by atoms with Crippen molar-refractivity contribution in [3.63, 3.8) is 0 Å². The van der Waals surface area contributed by atoms with Crippen LogP contribution < -0.4 is 15.9 Å². The molecule has 3 rings (SSSR count). The molecule has 0 saturated carbocycles. The summed E-state index contributed by atoms with van der Waals surface area (Å²) in [7, 11) is -3.89. The van der Waals surface area contributed by atoms with E-state index in [1.165, 1.54) is 15.9 Å². The van der Waals surface area contributed by atoms with Gasteiger partial charge in [0.15, 0.2) is 0 Å². The fourth-order valence-electron chi connectivity index (χ4n) is 4.56. The fourth-order valence-corrected chi connectivity index (χ4v) is 10.8. The Morgan fingerprint density at radius 3 is 1.50 bits per heavy atom.